The predicted molar refractivity (Wildman–Crippen MR) is 95.9 cm³/mol. The number of H-pyrrole nitrogens is 1. The van der Waals surface area contributed by atoms with E-state index in [1.807, 2.05) is 6.07 Å². The van der Waals surface area contributed by atoms with Crippen LogP contribution in [0.4, 0.5) is 0 Å². The molecule has 3 aromatic rings. The molecule has 2 aromatic heterocycles. The summed E-state index contributed by atoms with van der Waals surface area (Å²) in [7, 11) is 0. The van der Waals surface area contributed by atoms with Crippen LogP contribution in [-0.4, -0.2) is 36.6 Å². The van der Waals surface area contributed by atoms with Crippen LogP contribution in [-0.2, 0) is 11.2 Å². The van der Waals surface area contributed by atoms with Gasteiger partial charge in [0.2, 0.25) is 0 Å². The van der Waals surface area contributed by atoms with Gasteiger partial charge in [-0.25, -0.2) is 0 Å². The first-order valence-corrected chi connectivity index (χ1v) is 9.62. The first-order chi connectivity index (χ1) is 11.0. The minimum Gasteiger partial charge on any atom is -0.616 e. The van der Waals surface area contributed by atoms with Gasteiger partial charge in [0.05, 0.1) is 28.9 Å². The number of fused-ring (bicyclic) bond motifs is 1. The number of hydrogen-bond donors (Lipinski definition) is 2. The molecule has 0 fully saturated rings. The lowest BCUT2D eigenvalue weighted by atomic mass is 10.1. The van der Waals surface area contributed by atoms with Gasteiger partial charge >= 0.3 is 0 Å². The van der Waals surface area contributed by atoms with Crippen molar-refractivity contribution in [3.8, 4) is 11.3 Å². The Morgan fingerprint density at radius 2 is 2.22 bits per heavy atom. The first kappa shape index (κ1) is 16.7. The molecule has 0 saturated carbocycles. The van der Waals surface area contributed by atoms with E-state index in [-0.39, 0.29) is 5.75 Å². The molecule has 0 aliphatic heterocycles. The zero-order valence-corrected chi connectivity index (χ0v) is 15.2. The fourth-order valence-electron chi connectivity index (χ4n) is 2.47. The van der Waals surface area contributed by atoms with Gasteiger partial charge in [-0.2, -0.15) is 0 Å². The van der Waals surface area contributed by atoms with Crippen molar-refractivity contribution in [3.63, 3.8) is 0 Å². The van der Waals surface area contributed by atoms with Gasteiger partial charge in [-0.05, 0) is 28.1 Å². The van der Waals surface area contributed by atoms with Crippen molar-refractivity contribution < 1.29 is 9.66 Å². The highest BCUT2D eigenvalue weighted by Crippen LogP contribution is 2.38. The lowest BCUT2D eigenvalue weighted by molar-refractivity contribution is 0.198. The topological polar surface area (TPSA) is 84.9 Å². The van der Waals surface area contributed by atoms with Gasteiger partial charge in [-0.1, -0.05) is 22.8 Å². The molecule has 2 atom stereocenters. The van der Waals surface area contributed by atoms with E-state index < -0.39 is 17.3 Å². The van der Waals surface area contributed by atoms with Crippen LogP contribution in [0.1, 0.15) is 11.8 Å². The van der Waals surface area contributed by atoms with Crippen molar-refractivity contribution in [3.05, 3.63) is 45.9 Å². The van der Waals surface area contributed by atoms with E-state index in [4.69, 9.17) is 11.6 Å². The van der Waals surface area contributed by atoms with Crippen LogP contribution in [0.15, 0.2) is 35.2 Å². The summed E-state index contributed by atoms with van der Waals surface area (Å²) < 4.78 is 12.2. The molecule has 0 bridgehead atoms. The molecule has 0 radical (unpaired) electrons. The zero-order valence-electron chi connectivity index (χ0n) is 12.1. The number of rotatable bonds is 4. The Morgan fingerprint density at radius 3 is 2.87 bits per heavy atom. The smallest absolute Gasteiger partial charge is 0.139 e. The number of benzene rings is 1. The molecule has 0 aliphatic carbocycles. The molecule has 0 amide bonds. The normalized spacial score (nSPS) is 14.1. The van der Waals surface area contributed by atoms with Gasteiger partial charge in [-0.3, -0.25) is 9.97 Å². The number of hydrogen-bond acceptors (Lipinski definition) is 4. The average Bonchev–Trinajstić information content (AvgIpc) is 2.86. The molecule has 3 rings (SSSR count). The molecular formula is C15H13BrClN3O2S. The quantitative estimate of drug-likeness (QED) is 0.640. The van der Waals surface area contributed by atoms with Crippen molar-refractivity contribution in [2.75, 3.05) is 12.0 Å². The summed E-state index contributed by atoms with van der Waals surface area (Å²) in [6.45, 7) is 0. The Kier molecular flexibility index (Phi) is 4.93. The number of nitrogens with zero attached hydrogens (tertiary/aromatic N) is 2. The third-order valence-corrected chi connectivity index (χ3v) is 5.40. The van der Waals surface area contributed by atoms with Gasteiger partial charge in [-0.15, -0.1) is 0 Å². The summed E-state index contributed by atoms with van der Waals surface area (Å²) in [5, 5.41) is 11.8. The van der Waals surface area contributed by atoms with Crippen molar-refractivity contribution in [1.82, 2.24) is 15.0 Å². The monoisotopic (exact) mass is 413 g/mol. The van der Waals surface area contributed by atoms with E-state index in [0.29, 0.717) is 16.4 Å². The predicted octanol–water partition coefficient (Wildman–Crippen LogP) is 3.45. The van der Waals surface area contributed by atoms with Gasteiger partial charge in [0.25, 0.3) is 0 Å². The molecule has 1 aromatic carbocycles. The fourth-order valence-corrected chi connectivity index (χ4v) is 3.59. The summed E-state index contributed by atoms with van der Waals surface area (Å²) in [6.07, 6.45) is 5.45. The highest BCUT2D eigenvalue weighted by Gasteiger charge is 2.23. The highest BCUT2D eigenvalue weighted by molar-refractivity contribution is 9.10. The lowest BCUT2D eigenvalue weighted by Crippen LogP contribution is -2.14. The molecule has 0 spiro atoms. The third kappa shape index (κ3) is 3.39. The SMILES string of the molecule is C[S+]([O-])CC(O)c1[nH]c2cc(Br)c(Cl)cc2c1-c1cnccn1. The Labute approximate surface area is 149 Å². The highest BCUT2D eigenvalue weighted by atomic mass is 79.9. The van der Waals surface area contributed by atoms with Crippen LogP contribution in [0.5, 0.6) is 0 Å². The molecule has 0 aliphatic rings. The molecule has 23 heavy (non-hydrogen) atoms. The van der Waals surface area contributed by atoms with Crippen LogP contribution < -0.4 is 0 Å². The number of aliphatic hydroxyl groups excluding tert-OH is 1. The van der Waals surface area contributed by atoms with Crippen molar-refractivity contribution in [2.24, 2.45) is 0 Å². The summed E-state index contributed by atoms with van der Waals surface area (Å²) in [6, 6.07) is 3.65. The number of aromatic amines is 1. The fraction of sp³-hybridized carbons (Fsp3) is 0.200. The van der Waals surface area contributed by atoms with Gasteiger partial charge < -0.3 is 14.6 Å². The molecule has 2 unspecified atom stereocenters. The molecule has 2 heterocycles. The second-order valence-corrected chi connectivity index (χ2v) is 7.81. The standard InChI is InChI=1S/C15H13BrClN3O2S/c1-23(22)7-13(21)15-14(12-6-18-2-3-19-12)8-4-10(17)9(16)5-11(8)20-15/h2-6,13,20-21H,7H2,1H3. The van der Waals surface area contributed by atoms with E-state index in [1.54, 1.807) is 30.9 Å². The van der Waals surface area contributed by atoms with Gasteiger partial charge in [0, 0.05) is 33.3 Å². The number of halogens is 2. The largest absolute Gasteiger partial charge is 0.616 e. The molecule has 5 nitrogen and oxygen atoms in total. The van der Waals surface area contributed by atoms with E-state index in [0.717, 1.165) is 20.9 Å². The molecular weight excluding hydrogens is 402 g/mol. The maximum absolute atomic E-state index is 11.5. The number of aliphatic hydroxyl groups is 1. The van der Waals surface area contributed by atoms with Crippen LogP contribution in [0.25, 0.3) is 22.2 Å². The van der Waals surface area contributed by atoms with Gasteiger partial charge in [0.1, 0.15) is 11.9 Å². The van der Waals surface area contributed by atoms with E-state index >= 15 is 0 Å². The average molecular weight is 415 g/mol. The summed E-state index contributed by atoms with van der Waals surface area (Å²) in [5.41, 5.74) is 2.70. The van der Waals surface area contributed by atoms with Crippen molar-refractivity contribution in [2.45, 2.75) is 6.10 Å². The van der Waals surface area contributed by atoms with E-state index in [2.05, 4.69) is 30.9 Å². The van der Waals surface area contributed by atoms with Crippen LogP contribution in [0, 0.1) is 0 Å². The Bertz CT molecular complexity index is 842. The Hall–Kier alpha value is -1.12. The minimum absolute atomic E-state index is 0.134. The number of aromatic nitrogens is 3. The Morgan fingerprint density at radius 1 is 1.43 bits per heavy atom. The number of nitrogens with one attached hydrogen (secondary N) is 1. The van der Waals surface area contributed by atoms with E-state index in [1.165, 1.54) is 0 Å². The lowest BCUT2D eigenvalue weighted by Gasteiger charge is -2.12. The minimum atomic E-state index is -1.13. The van der Waals surface area contributed by atoms with Crippen LogP contribution in [0.2, 0.25) is 5.02 Å². The van der Waals surface area contributed by atoms with Crippen molar-refractivity contribution >= 4 is 49.6 Å². The first-order valence-electron chi connectivity index (χ1n) is 6.72. The summed E-state index contributed by atoms with van der Waals surface area (Å²) >= 11 is 8.47. The second kappa shape index (κ2) is 6.78. The maximum atomic E-state index is 11.5. The van der Waals surface area contributed by atoms with Gasteiger partial charge in [0.15, 0.2) is 0 Å². The summed E-state index contributed by atoms with van der Waals surface area (Å²) in [4.78, 5) is 11.6. The molecule has 120 valence electrons. The van der Waals surface area contributed by atoms with E-state index in [9.17, 15) is 9.66 Å². The molecule has 8 heteroatoms. The third-order valence-electron chi connectivity index (χ3n) is 3.41. The summed E-state index contributed by atoms with van der Waals surface area (Å²) in [5.74, 6) is 0.134. The van der Waals surface area contributed by atoms with Crippen molar-refractivity contribution in [1.29, 1.82) is 0 Å². The molecule has 0 saturated heterocycles. The molecule has 2 N–H and O–H groups in total. The zero-order chi connectivity index (χ0) is 16.6. The van der Waals surface area contributed by atoms with Crippen LogP contribution >= 0.6 is 27.5 Å². The Balaban J connectivity index is 2.26. The maximum Gasteiger partial charge on any atom is 0.139 e. The van der Waals surface area contributed by atoms with Crippen LogP contribution in [0.3, 0.4) is 0 Å². The second-order valence-electron chi connectivity index (χ2n) is 5.07.